The van der Waals surface area contributed by atoms with Gasteiger partial charge in [-0.2, -0.15) is 0 Å². The van der Waals surface area contributed by atoms with Gasteiger partial charge in [0.25, 0.3) is 0 Å². The summed E-state index contributed by atoms with van der Waals surface area (Å²) in [6.07, 6.45) is 4.41. The minimum Gasteiger partial charge on any atom is -0.467 e. The van der Waals surface area contributed by atoms with Crippen molar-refractivity contribution in [3.8, 4) is 22.6 Å². The Morgan fingerprint density at radius 1 is 1.12 bits per heavy atom. The molecule has 2 aliphatic rings. The van der Waals surface area contributed by atoms with E-state index in [1.807, 2.05) is 19.1 Å². The van der Waals surface area contributed by atoms with E-state index in [9.17, 15) is 9.18 Å². The maximum atomic E-state index is 13.7. The lowest BCUT2D eigenvalue weighted by Gasteiger charge is -2.35. The molecule has 2 fully saturated rings. The quantitative estimate of drug-likeness (QED) is 0.274. The molecule has 0 spiro atoms. The molecule has 41 heavy (non-hydrogen) atoms. The highest BCUT2D eigenvalue weighted by atomic mass is 19.1. The van der Waals surface area contributed by atoms with Gasteiger partial charge in [0.2, 0.25) is 18.1 Å². The van der Waals surface area contributed by atoms with Gasteiger partial charge in [-0.3, -0.25) is 4.79 Å². The second-order valence-electron chi connectivity index (χ2n) is 10.4. The highest BCUT2D eigenvalue weighted by Gasteiger charge is 2.41. The van der Waals surface area contributed by atoms with E-state index in [4.69, 9.17) is 23.6 Å². The molecule has 12 heteroatoms. The minimum atomic E-state index is -0.856. The number of rotatable bonds is 9. The number of halogens is 1. The van der Waals surface area contributed by atoms with E-state index < -0.39 is 11.7 Å². The van der Waals surface area contributed by atoms with Crippen LogP contribution in [0.4, 0.5) is 10.3 Å². The van der Waals surface area contributed by atoms with Gasteiger partial charge in [-0.15, -0.1) is 0 Å². The topological polar surface area (TPSA) is 136 Å². The number of benzene rings is 1. The van der Waals surface area contributed by atoms with E-state index in [1.54, 1.807) is 30.7 Å². The average Bonchev–Trinajstić information content (AvgIpc) is 3.78. The van der Waals surface area contributed by atoms with Crippen LogP contribution in [0.1, 0.15) is 37.6 Å². The Labute approximate surface area is 235 Å². The summed E-state index contributed by atoms with van der Waals surface area (Å²) in [5.74, 6) is 1.05. The molecule has 2 saturated heterocycles. The molecule has 1 amide bonds. The van der Waals surface area contributed by atoms with Crippen molar-refractivity contribution in [1.29, 1.82) is 0 Å². The van der Waals surface area contributed by atoms with Gasteiger partial charge in [0.1, 0.15) is 11.6 Å². The first-order valence-electron chi connectivity index (χ1n) is 13.6. The third-order valence-electron chi connectivity index (χ3n) is 7.14. The van der Waals surface area contributed by atoms with Crippen molar-refractivity contribution in [3.63, 3.8) is 0 Å². The molecule has 4 aromatic rings. The first-order chi connectivity index (χ1) is 20.0. The molecule has 2 aliphatic heterocycles. The van der Waals surface area contributed by atoms with Crippen molar-refractivity contribution >= 4 is 11.9 Å². The lowest BCUT2D eigenvalue weighted by atomic mass is 9.91. The van der Waals surface area contributed by atoms with E-state index in [1.165, 1.54) is 12.1 Å². The fourth-order valence-corrected chi connectivity index (χ4v) is 4.79. The van der Waals surface area contributed by atoms with Crippen molar-refractivity contribution in [2.24, 2.45) is 5.41 Å². The van der Waals surface area contributed by atoms with Gasteiger partial charge in [0, 0.05) is 24.9 Å². The maximum absolute atomic E-state index is 13.7. The molecule has 1 atom stereocenters. The number of anilines is 1. The largest absolute Gasteiger partial charge is 0.467 e. The zero-order chi connectivity index (χ0) is 28.2. The summed E-state index contributed by atoms with van der Waals surface area (Å²) in [5.41, 5.74) is 1.53. The van der Waals surface area contributed by atoms with Crippen LogP contribution in [0, 0.1) is 11.2 Å². The van der Waals surface area contributed by atoms with Crippen LogP contribution in [0.5, 0.6) is 0 Å². The summed E-state index contributed by atoms with van der Waals surface area (Å²) in [4.78, 5) is 29.9. The SMILES string of the molecule is CC1(C(=O)NCC2CCCO2)COC(c2nc(-c3ccc(F)cc3)c(-c3ccnc(NCc4ccco4)n3)[nH]2)OC1. The lowest BCUT2D eigenvalue weighted by Crippen LogP contribution is -2.49. The Bertz CT molecular complexity index is 1460. The van der Waals surface area contributed by atoms with Crippen molar-refractivity contribution in [1.82, 2.24) is 25.3 Å². The summed E-state index contributed by atoms with van der Waals surface area (Å²) in [7, 11) is 0. The number of aromatic amines is 1. The third-order valence-corrected chi connectivity index (χ3v) is 7.14. The Kier molecular flexibility index (Phi) is 7.77. The first-order valence-corrected chi connectivity index (χ1v) is 13.6. The van der Waals surface area contributed by atoms with Crippen LogP contribution in [0.2, 0.25) is 0 Å². The van der Waals surface area contributed by atoms with Gasteiger partial charge in [-0.1, -0.05) is 0 Å². The summed E-state index contributed by atoms with van der Waals surface area (Å²) in [6.45, 7) is 3.71. The molecular formula is C29H31FN6O5. The second-order valence-corrected chi connectivity index (χ2v) is 10.4. The standard InChI is InChI=1S/C29H31FN6O5/c1-29(27(37)32-14-20-4-2-12-38-20)16-40-26(41-17-29)25-35-23(18-6-8-19(30)9-7-18)24(36-25)22-10-11-31-28(34-22)33-15-21-5-3-13-39-21/h3,5-11,13,20,26H,2,4,12,14-17H2,1H3,(H,32,37)(H,35,36)(H,31,33,34). The lowest BCUT2D eigenvalue weighted by molar-refractivity contribution is -0.231. The first kappa shape index (κ1) is 27.1. The van der Waals surface area contributed by atoms with E-state index in [-0.39, 0.29) is 31.0 Å². The number of H-pyrrole nitrogens is 1. The molecular weight excluding hydrogens is 531 g/mol. The number of ether oxygens (including phenoxy) is 3. The smallest absolute Gasteiger partial charge is 0.230 e. The van der Waals surface area contributed by atoms with Crippen molar-refractivity contribution in [3.05, 3.63) is 72.3 Å². The van der Waals surface area contributed by atoms with Crippen molar-refractivity contribution < 1.29 is 27.8 Å². The van der Waals surface area contributed by atoms with Crippen LogP contribution in [0.3, 0.4) is 0 Å². The molecule has 0 radical (unpaired) electrons. The van der Waals surface area contributed by atoms with Gasteiger partial charge < -0.3 is 34.2 Å². The maximum Gasteiger partial charge on any atom is 0.230 e. The summed E-state index contributed by atoms with van der Waals surface area (Å²) < 4.78 is 36.7. The zero-order valence-electron chi connectivity index (χ0n) is 22.6. The number of furan rings is 1. The van der Waals surface area contributed by atoms with Crippen LogP contribution in [-0.4, -0.2) is 58.3 Å². The van der Waals surface area contributed by atoms with Gasteiger partial charge >= 0.3 is 0 Å². The number of imidazole rings is 1. The molecule has 1 unspecified atom stereocenters. The molecule has 0 saturated carbocycles. The predicted molar refractivity (Wildman–Crippen MR) is 146 cm³/mol. The molecule has 3 aromatic heterocycles. The number of carbonyl (C=O) groups is 1. The van der Waals surface area contributed by atoms with E-state index in [2.05, 4.69) is 25.6 Å². The summed E-state index contributed by atoms with van der Waals surface area (Å²) in [6, 6.07) is 11.5. The normalized spacial score (nSPS) is 22.5. The number of amides is 1. The summed E-state index contributed by atoms with van der Waals surface area (Å²) >= 11 is 0. The highest BCUT2D eigenvalue weighted by Crippen LogP contribution is 2.35. The number of aromatic nitrogens is 4. The molecule has 1 aromatic carbocycles. The van der Waals surface area contributed by atoms with Crippen LogP contribution in [-0.2, 0) is 25.5 Å². The van der Waals surface area contributed by atoms with E-state index in [0.29, 0.717) is 47.5 Å². The van der Waals surface area contributed by atoms with Gasteiger partial charge in [-0.05, 0) is 62.2 Å². The molecule has 0 aliphatic carbocycles. The van der Waals surface area contributed by atoms with Crippen LogP contribution < -0.4 is 10.6 Å². The molecule has 214 valence electrons. The molecule has 3 N–H and O–H groups in total. The third kappa shape index (κ3) is 6.14. The van der Waals surface area contributed by atoms with Crippen molar-refractivity contribution in [2.45, 2.75) is 38.7 Å². The fraction of sp³-hybridized carbons (Fsp3) is 0.379. The van der Waals surface area contributed by atoms with Gasteiger partial charge in [0.05, 0.1) is 54.6 Å². The number of nitrogens with zero attached hydrogens (tertiary/aromatic N) is 3. The Morgan fingerprint density at radius 2 is 1.95 bits per heavy atom. The van der Waals surface area contributed by atoms with Gasteiger partial charge in [-0.25, -0.2) is 19.3 Å². The molecule has 0 bridgehead atoms. The molecule has 5 heterocycles. The Balaban J connectivity index is 1.21. The molecule has 11 nitrogen and oxygen atoms in total. The monoisotopic (exact) mass is 562 g/mol. The van der Waals surface area contributed by atoms with Crippen LogP contribution in [0.25, 0.3) is 22.6 Å². The zero-order valence-corrected chi connectivity index (χ0v) is 22.6. The summed E-state index contributed by atoms with van der Waals surface area (Å²) in [5, 5.41) is 6.12. The van der Waals surface area contributed by atoms with Crippen molar-refractivity contribution in [2.75, 3.05) is 31.7 Å². The second kappa shape index (κ2) is 11.8. The average molecular weight is 563 g/mol. The van der Waals surface area contributed by atoms with E-state index >= 15 is 0 Å². The van der Waals surface area contributed by atoms with Crippen LogP contribution >= 0.6 is 0 Å². The highest BCUT2D eigenvalue weighted by molar-refractivity contribution is 5.82. The number of nitrogens with one attached hydrogen (secondary N) is 3. The van der Waals surface area contributed by atoms with Gasteiger partial charge in [0.15, 0.2) is 5.82 Å². The Hall–Kier alpha value is -4.13. The molecule has 6 rings (SSSR count). The van der Waals surface area contributed by atoms with Crippen LogP contribution in [0.15, 0.2) is 59.3 Å². The number of hydrogen-bond acceptors (Lipinski definition) is 9. The fourth-order valence-electron chi connectivity index (χ4n) is 4.79. The van der Waals surface area contributed by atoms with E-state index in [0.717, 1.165) is 25.2 Å². The predicted octanol–water partition coefficient (Wildman–Crippen LogP) is 4.22. The minimum absolute atomic E-state index is 0.0507. The number of carbonyl (C=O) groups excluding carboxylic acids is 1. The Morgan fingerprint density at radius 3 is 2.68 bits per heavy atom. The number of hydrogen-bond donors (Lipinski definition) is 3.